The Balaban J connectivity index is 1.58. The van der Waals surface area contributed by atoms with E-state index in [0.29, 0.717) is 34.0 Å². The average molecular weight is 533 g/mol. The van der Waals surface area contributed by atoms with Gasteiger partial charge < -0.3 is 10.1 Å². The van der Waals surface area contributed by atoms with Crippen LogP contribution in [0.15, 0.2) is 61.1 Å². The third-order valence-electron chi connectivity index (χ3n) is 6.21. The van der Waals surface area contributed by atoms with Gasteiger partial charge >= 0.3 is 6.61 Å². The molecule has 2 aromatic heterocycles. The van der Waals surface area contributed by atoms with Crippen molar-refractivity contribution in [1.82, 2.24) is 19.9 Å². The molecule has 12 heteroatoms. The first-order valence-corrected chi connectivity index (χ1v) is 13.1. The summed E-state index contributed by atoms with van der Waals surface area (Å²) in [5.41, 5.74) is 1.27. The second-order valence-electron chi connectivity index (χ2n) is 9.17. The molecule has 4 aromatic rings. The molecule has 0 bridgehead atoms. The van der Waals surface area contributed by atoms with Gasteiger partial charge in [0.05, 0.1) is 29.2 Å². The van der Waals surface area contributed by atoms with Crippen LogP contribution in [-0.2, 0) is 0 Å². The summed E-state index contributed by atoms with van der Waals surface area (Å²) in [6.07, 6.45) is 4.14. The molecule has 0 radical (unpaired) electrons. The van der Waals surface area contributed by atoms with Crippen LogP contribution in [0, 0.1) is 5.82 Å². The zero-order valence-corrected chi connectivity index (χ0v) is 20.4. The van der Waals surface area contributed by atoms with E-state index in [0.717, 1.165) is 12.4 Å². The van der Waals surface area contributed by atoms with Gasteiger partial charge in [-0.1, -0.05) is 18.2 Å². The van der Waals surface area contributed by atoms with E-state index in [1.165, 1.54) is 12.1 Å². The molecule has 3 N–H and O–H groups in total. The van der Waals surface area contributed by atoms with Crippen LogP contribution in [0.1, 0.15) is 23.7 Å². The van der Waals surface area contributed by atoms with Gasteiger partial charge in [-0.05, 0) is 43.2 Å². The molecule has 1 fully saturated rings. The average Bonchev–Trinajstić information content (AvgIpc) is 3.35. The number of hydrogen-bond acceptors (Lipinski definition) is 6. The lowest BCUT2D eigenvalue weighted by molar-refractivity contribution is -0.0498. The summed E-state index contributed by atoms with van der Waals surface area (Å²) in [6.45, 7) is -1.21. The molecule has 37 heavy (non-hydrogen) atoms. The predicted octanol–water partition coefficient (Wildman–Crippen LogP) is 5.47. The summed E-state index contributed by atoms with van der Waals surface area (Å²) in [4.78, 5) is 21.2. The number of nitrogens with zero attached hydrogens (tertiary/aromatic N) is 3. The quantitative estimate of drug-likeness (QED) is 0.304. The Bertz CT molecular complexity index is 1480. The molecule has 3 heterocycles. The van der Waals surface area contributed by atoms with Crippen LogP contribution < -0.4 is 10.1 Å². The summed E-state index contributed by atoms with van der Waals surface area (Å²) < 4.78 is 65.2. The predicted molar refractivity (Wildman–Crippen MR) is 134 cm³/mol. The van der Waals surface area contributed by atoms with Crippen molar-refractivity contribution in [3.63, 3.8) is 0 Å². The molecule has 1 saturated heterocycles. The molecule has 1 aliphatic rings. The summed E-state index contributed by atoms with van der Waals surface area (Å²) >= 11 is 0. The lowest BCUT2D eigenvalue weighted by Crippen LogP contribution is -2.46. The monoisotopic (exact) mass is 532 g/mol. The maximum Gasteiger partial charge on any atom is 0.387 e. The molecule has 8 nitrogen and oxygen atoms in total. The Kier molecular flexibility index (Phi) is 6.34. The minimum atomic E-state index is -2.98. The lowest BCUT2D eigenvalue weighted by Gasteiger charge is -2.30. The van der Waals surface area contributed by atoms with Crippen molar-refractivity contribution in [1.29, 1.82) is 0 Å². The Morgan fingerprint density at radius 1 is 1.19 bits per heavy atom. The molecule has 1 aliphatic heterocycles. The third-order valence-corrected chi connectivity index (χ3v) is 8.16. The highest BCUT2D eigenvalue weighted by Gasteiger charge is 2.39. The van der Waals surface area contributed by atoms with Crippen molar-refractivity contribution in [2.45, 2.75) is 25.5 Å². The van der Waals surface area contributed by atoms with Crippen molar-refractivity contribution >= 4 is 27.4 Å². The number of rotatable bonds is 6. The molecule has 0 spiro atoms. The van der Waals surface area contributed by atoms with E-state index in [-0.39, 0.29) is 23.2 Å². The third kappa shape index (κ3) is 5.26. The maximum atomic E-state index is 13.5. The fourth-order valence-electron chi connectivity index (χ4n) is 4.52. The van der Waals surface area contributed by atoms with E-state index in [4.69, 9.17) is 0 Å². The highest BCUT2D eigenvalue weighted by Crippen LogP contribution is 2.50. The number of alkyl halides is 2. The summed E-state index contributed by atoms with van der Waals surface area (Å²) in [6, 6.07) is 11.1. The number of nitrogens with one attached hydrogen (secondary N) is 1. The number of aromatic nitrogens is 3. The molecule has 194 valence electrons. The van der Waals surface area contributed by atoms with Crippen LogP contribution in [0.3, 0.4) is 0 Å². The van der Waals surface area contributed by atoms with Crippen LogP contribution in [0.4, 0.5) is 13.2 Å². The van der Waals surface area contributed by atoms with E-state index < -0.39 is 34.5 Å². The van der Waals surface area contributed by atoms with Gasteiger partial charge in [0.15, 0.2) is 5.82 Å². The van der Waals surface area contributed by atoms with Crippen molar-refractivity contribution < 1.29 is 31.8 Å². The molecule has 5 rings (SSSR count). The minimum absolute atomic E-state index is 0.0155. The first kappa shape index (κ1) is 25.1. The van der Waals surface area contributed by atoms with E-state index in [9.17, 15) is 27.1 Å². The Morgan fingerprint density at radius 3 is 2.62 bits per heavy atom. The summed E-state index contributed by atoms with van der Waals surface area (Å²) in [7, 11) is -2.72. The molecule has 0 saturated carbocycles. The lowest BCUT2D eigenvalue weighted by atomic mass is 10.0. The van der Waals surface area contributed by atoms with Crippen molar-refractivity contribution in [2.24, 2.45) is 0 Å². The largest absolute Gasteiger partial charge is 0.435 e. The van der Waals surface area contributed by atoms with Crippen LogP contribution in [0.5, 0.6) is 5.75 Å². The SMILES string of the molecule is CC1(NC(=O)c2ccc3c(-c4cccc(OC(F)F)c4)cn(-c4ncc(F)cn4)c3c2)CCS(O)(O)C1. The van der Waals surface area contributed by atoms with Crippen LogP contribution in [-0.4, -0.2) is 53.2 Å². The fraction of sp³-hybridized carbons (Fsp3) is 0.240. The number of carbonyl (C=O) groups is 1. The van der Waals surface area contributed by atoms with Gasteiger partial charge in [-0.15, -0.1) is 0 Å². The summed E-state index contributed by atoms with van der Waals surface area (Å²) in [5, 5.41) is 3.57. The molecule has 1 unspecified atom stereocenters. The minimum Gasteiger partial charge on any atom is -0.435 e. The molecular weight excluding hydrogens is 509 g/mol. The zero-order chi connectivity index (χ0) is 26.4. The van der Waals surface area contributed by atoms with Gasteiger partial charge in [0.25, 0.3) is 5.91 Å². The highest BCUT2D eigenvalue weighted by molar-refractivity contribution is 8.24. The number of carbonyl (C=O) groups excluding carboxylic acids is 1. The number of hydrogen-bond donors (Lipinski definition) is 3. The van der Waals surface area contributed by atoms with Crippen LogP contribution >= 0.6 is 10.6 Å². The number of ether oxygens (including phenoxy) is 1. The maximum absolute atomic E-state index is 13.5. The van der Waals surface area contributed by atoms with Crippen LogP contribution in [0.2, 0.25) is 0 Å². The Morgan fingerprint density at radius 2 is 1.95 bits per heavy atom. The standard InChI is InChI=1S/C25H23F3N4O4S/c1-25(7-8-37(34,35)14-25)31-22(33)16-5-6-19-20(15-3-2-4-18(9-15)36-23(27)28)13-32(21(19)10-16)24-29-11-17(26)12-30-24/h2-6,9-13,23,34-35H,7-8,14H2,1H3,(H,31,33). The van der Waals surface area contributed by atoms with Gasteiger partial charge in [0.2, 0.25) is 5.95 Å². The van der Waals surface area contributed by atoms with E-state index >= 15 is 0 Å². The topological polar surface area (TPSA) is 110 Å². The highest BCUT2D eigenvalue weighted by atomic mass is 32.3. The number of fused-ring (bicyclic) bond motifs is 1. The Hall–Kier alpha value is -3.61. The molecule has 2 aromatic carbocycles. The second kappa shape index (κ2) is 9.36. The van der Waals surface area contributed by atoms with Crippen molar-refractivity contribution in [3.05, 3.63) is 72.4 Å². The fourth-order valence-corrected chi connectivity index (χ4v) is 6.68. The molecule has 0 aliphatic carbocycles. The number of amides is 1. The zero-order valence-electron chi connectivity index (χ0n) is 19.6. The first-order chi connectivity index (χ1) is 17.5. The van der Waals surface area contributed by atoms with Crippen molar-refractivity contribution in [2.75, 3.05) is 11.5 Å². The van der Waals surface area contributed by atoms with E-state index in [1.807, 2.05) is 0 Å². The van der Waals surface area contributed by atoms with Gasteiger partial charge in [-0.3, -0.25) is 18.5 Å². The first-order valence-electron chi connectivity index (χ1n) is 11.3. The molecule has 1 amide bonds. The molecule has 1 atom stereocenters. The van der Waals surface area contributed by atoms with Gasteiger partial charge in [0, 0.05) is 28.5 Å². The second-order valence-corrected chi connectivity index (χ2v) is 11.5. The van der Waals surface area contributed by atoms with Crippen LogP contribution in [0.25, 0.3) is 28.0 Å². The van der Waals surface area contributed by atoms with Crippen molar-refractivity contribution in [3.8, 4) is 22.8 Å². The van der Waals surface area contributed by atoms with Gasteiger partial charge in [-0.25, -0.2) is 14.4 Å². The normalized spacial score (nSPS) is 19.8. The number of halogens is 3. The Labute approximate surface area is 211 Å². The summed E-state index contributed by atoms with van der Waals surface area (Å²) in [5.74, 6) is -0.582. The van der Waals surface area contributed by atoms with Gasteiger partial charge in [-0.2, -0.15) is 19.4 Å². The van der Waals surface area contributed by atoms with E-state index in [1.54, 1.807) is 48.0 Å². The van der Waals surface area contributed by atoms with Gasteiger partial charge in [0.1, 0.15) is 5.75 Å². The number of benzene rings is 2. The smallest absolute Gasteiger partial charge is 0.387 e. The van der Waals surface area contributed by atoms with E-state index in [2.05, 4.69) is 20.0 Å². The molecular formula is C25H23F3N4O4S.